The van der Waals surface area contributed by atoms with Gasteiger partial charge in [0, 0.05) is 11.1 Å². The fraction of sp³-hybridized carbons (Fsp3) is 0.586. The van der Waals surface area contributed by atoms with Gasteiger partial charge in [0.15, 0.2) is 0 Å². The topological polar surface area (TPSA) is 18.5 Å². The van der Waals surface area contributed by atoms with E-state index in [4.69, 9.17) is 9.05 Å². The van der Waals surface area contributed by atoms with Gasteiger partial charge in [0.1, 0.15) is 11.5 Å². The molecule has 2 fully saturated rings. The van der Waals surface area contributed by atoms with Crippen molar-refractivity contribution in [2.24, 2.45) is 5.92 Å². The Hall–Kier alpha value is -1.60. The number of hydrogen-bond donors (Lipinski definition) is 0. The normalized spacial score (nSPS) is 26.9. The molecule has 4 heteroatoms. The highest BCUT2D eigenvalue weighted by Gasteiger charge is 2.45. The molecule has 0 heterocycles. The van der Waals surface area contributed by atoms with Gasteiger partial charge in [-0.25, -0.2) is 0 Å². The fourth-order valence-electron chi connectivity index (χ4n) is 6.85. The van der Waals surface area contributed by atoms with Gasteiger partial charge in [-0.3, -0.25) is 0 Å². The third-order valence-electron chi connectivity index (χ3n) is 8.87. The molecule has 0 aliphatic heterocycles. The molecular formula is C29H38FO2P. The van der Waals surface area contributed by atoms with Crippen LogP contribution in [-0.4, -0.2) is 0 Å². The summed E-state index contributed by atoms with van der Waals surface area (Å²) in [6.45, 7) is 8.92. The van der Waals surface area contributed by atoms with E-state index in [1.807, 2.05) is 12.1 Å². The highest BCUT2D eigenvalue weighted by molar-refractivity contribution is 7.42. The van der Waals surface area contributed by atoms with E-state index in [0.717, 1.165) is 42.6 Å². The van der Waals surface area contributed by atoms with Gasteiger partial charge in [-0.1, -0.05) is 81.3 Å². The highest BCUT2D eigenvalue weighted by atomic mass is 31.2. The molecule has 2 saturated carbocycles. The zero-order valence-corrected chi connectivity index (χ0v) is 21.6. The molecule has 2 nitrogen and oxygen atoms in total. The number of benzene rings is 2. The van der Waals surface area contributed by atoms with Crippen molar-refractivity contribution >= 4 is 8.69 Å². The van der Waals surface area contributed by atoms with E-state index in [2.05, 4.69) is 45.9 Å². The van der Waals surface area contributed by atoms with E-state index in [-0.39, 0.29) is 10.8 Å². The lowest BCUT2D eigenvalue weighted by molar-refractivity contribution is 0.188. The molecule has 33 heavy (non-hydrogen) atoms. The molecule has 3 unspecified atom stereocenters. The smallest absolute Gasteiger partial charge is 0.414 e. The Labute approximate surface area is 200 Å². The average Bonchev–Trinajstić information content (AvgIpc) is 2.77. The van der Waals surface area contributed by atoms with Crippen molar-refractivity contribution in [3.63, 3.8) is 0 Å². The Morgan fingerprint density at radius 1 is 0.848 bits per heavy atom. The quantitative estimate of drug-likeness (QED) is 0.407. The second-order valence-corrected chi connectivity index (χ2v) is 12.2. The van der Waals surface area contributed by atoms with Crippen LogP contribution < -0.4 is 9.05 Å². The van der Waals surface area contributed by atoms with Gasteiger partial charge in [-0.15, -0.1) is 4.20 Å². The minimum atomic E-state index is -2.56. The molecule has 0 aromatic heterocycles. The Morgan fingerprint density at radius 3 is 2.36 bits per heavy atom. The number of rotatable bonds is 5. The zero-order chi connectivity index (χ0) is 23.2. The molecule has 5 rings (SSSR count). The first kappa shape index (κ1) is 23.2. The van der Waals surface area contributed by atoms with E-state index < -0.39 is 8.69 Å². The highest BCUT2D eigenvalue weighted by Crippen LogP contribution is 2.56. The van der Waals surface area contributed by atoms with Crippen LogP contribution >= 0.6 is 8.69 Å². The van der Waals surface area contributed by atoms with Crippen LogP contribution in [-0.2, 0) is 17.3 Å². The summed E-state index contributed by atoms with van der Waals surface area (Å²) < 4.78 is 27.6. The van der Waals surface area contributed by atoms with Crippen LogP contribution in [0.2, 0.25) is 0 Å². The van der Waals surface area contributed by atoms with E-state index in [1.165, 1.54) is 55.2 Å². The second kappa shape index (κ2) is 8.88. The predicted octanol–water partition coefficient (Wildman–Crippen LogP) is 9.18. The first-order valence-electron chi connectivity index (χ1n) is 12.9. The number of fused-ring (bicyclic) bond motifs is 4. The van der Waals surface area contributed by atoms with Crippen molar-refractivity contribution in [3.8, 4) is 11.5 Å². The second-order valence-electron chi connectivity index (χ2n) is 11.4. The molecule has 0 radical (unpaired) electrons. The zero-order valence-electron chi connectivity index (χ0n) is 20.7. The van der Waals surface area contributed by atoms with Crippen LogP contribution in [0, 0.1) is 19.8 Å². The Balaban J connectivity index is 1.43. The lowest BCUT2D eigenvalue weighted by atomic mass is 9.59. The summed E-state index contributed by atoms with van der Waals surface area (Å²) in [6, 6.07) is 10.6. The van der Waals surface area contributed by atoms with Crippen molar-refractivity contribution in [2.75, 3.05) is 0 Å². The van der Waals surface area contributed by atoms with Gasteiger partial charge < -0.3 is 9.05 Å². The fourth-order valence-corrected chi connectivity index (χ4v) is 7.56. The molecule has 3 aliphatic rings. The van der Waals surface area contributed by atoms with Crippen molar-refractivity contribution in [2.45, 2.75) is 103 Å². The van der Waals surface area contributed by atoms with Crippen LogP contribution in [0.25, 0.3) is 0 Å². The lowest BCUT2D eigenvalue weighted by Gasteiger charge is -2.46. The largest absolute Gasteiger partial charge is 0.505 e. The summed E-state index contributed by atoms with van der Waals surface area (Å²) in [7, 11) is -2.56. The van der Waals surface area contributed by atoms with E-state index in [1.54, 1.807) is 0 Å². The first-order chi connectivity index (χ1) is 15.8. The molecular weight excluding hydrogens is 430 g/mol. The molecule has 0 spiro atoms. The lowest BCUT2D eigenvalue weighted by Crippen LogP contribution is -2.39. The van der Waals surface area contributed by atoms with Crippen LogP contribution in [0.5, 0.6) is 11.5 Å². The summed E-state index contributed by atoms with van der Waals surface area (Å²) in [6.07, 6.45) is 11.9. The van der Waals surface area contributed by atoms with Crippen LogP contribution in [0.1, 0.15) is 99.5 Å². The molecule has 2 aromatic carbocycles. The predicted molar refractivity (Wildman–Crippen MR) is 135 cm³/mol. The van der Waals surface area contributed by atoms with Crippen molar-refractivity contribution < 1.29 is 13.2 Å². The Morgan fingerprint density at radius 2 is 1.58 bits per heavy atom. The Bertz CT molecular complexity index is 1030. The van der Waals surface area contributed by atoms with Crippen LogP contribution in [0.4, 0.5) is 4.20 Å². The average molecular weight is 469 g/mol. The monoisotopic (exact) mass is 468 g/mol. The number of aryl methyl sites for hydroxylation is 2. The van der Waals surface area contributed by atoms with E-state index in [9.17, 15) is 0 Å². The summed E-state index contributed by atoms with van der Waals surface area (Å²) >= 11 is 0. The van der Waals surface area contributed by atoms with Crippen LogP contribution in [0.3, 0.4) is 0 Å². The molecule has 0 saturated heterocycles. The summed E-state index contributed by atoms with van der Waals surface area (Å²) in [5.74, 6) is 2.05. The third-order valence-corrected chi connectivity index (χ3v) is 9.53. The number of hydrogen-bond acceptors (Lipinski definition) is 2. The van der Waals surface area contributed by atoms with Gasteiger partial charge in [0.05, 0.1) is 0 Å². The van der Waals surface area contributed by atoms with Gasteiger partial charge in [0.25, 0.3) is 0 Å². The van der Waals surface area contributed by atoms with Gasteiger partial charge in [-0.2, -0.15) is 0 Å². The van der Waals surface area contributed by atoms with Gasteiger partial charge in [-0.05, 0) is 74.3 Å². The summed E-state index contributed by atoms with van der Waals surface area (Å²) in [5, 5.41) is 0. The Kier molecular flexibility index (Phi) is 6.23. The van der Waals surface area contributed by atoms with Crippen molar-refractivity contribution in [1.29, 1.82) is 0 Å². The summed E-state index contributed by atoms with van der Waals surface area (Å²) in [4.78, 5) is 0. The molecule has 3 atom stereocenters. The van der Waals surface area contributed by atoms with Crippen molar-refractivity contribution in [3.05, 3.63) is 58.1 Å². The maximum atomic E-state index is 15.5. The molecule has 0 amide bonds. The molecule has 2 aromatic rings. The molecule has 178 valence electrons. The maximum Gasteiger partial charge on any atom is 0.505 e. The molecule has 2 bridgehead atoms. The van der Waals surface area contributed by atoms with Crippen molar-refractivity contribution in [1.82, 2.24) is 0 Å². The number of halogens is 1. The van der Waals surface area contributed by atoms with E-state index in [0.29, 0.717) is 11.7 Å². The van der Waals surface area contributed by atoms with Gasteiger partial charge in [0.2, 0.25) is 0 Å². The first-order valence-corrected chi connectivity index (χ1v) is 13.9. The van der Waals surface area contributed by atoms with Gasteiger partial charge >= 0.3 is 8.69 Å². The van der Waals surface area contributed by atoms with Crippen LogP contribution in [0.15, 0.2) is 30.3 Å². The minimum Gasteiger partial charge on any atom is -0.414 e. The molecule has 0 N–H and O–H groups in total. The SMILES string of the molecule is Cc1ccc(OP(F)Oc2c3cc(C)cc2C2(C)CCCCC2C3)c(C2(C)CCCCC2)c1. The molecule has 3 aliphatic carbocycles. The minimum absolute atomic E-state index is 0.0458. The third kappa shape index (κ3) is 4.31. The standard InChI is InChI=1S/C29H38FO2P/c1-20-11-12-26(24(17-20)28(3)13-7-5-8-14-28)31-33(30)32-27-22-16-21(2)18-25(27)29(4)15-9-6-10-23(29)19-22/h11-12,16-18,23H,5-10,13-15,19H2,1-4H3. The maximum absolute atomic E-state index is 15.5. The van der Waals surface area contributed by atoms with E-state index >= 15 is 4.20 Å². The summed E-state index contributed by atoms with van der Waals surface area (Å²) in [5.41, 5.74) is 6.07.